The fourth-order valence-corrected chi connectivity index (χ4v) is 2.01. The molecule has 2 atom stereocenters. The van der Waals surface area contributed by atoms with Crippen molar-refractivity contribution in [2.45, 2.75) is 70.5 Å². The number of ether oxygens (including phenoxy) is 1. The Morgan fingerprint density at radius 2 is 1.68 bits per heavy atom. The van der Waals surface area contributed by atoms with Gasteiger partial charge in [0.25, 0.3) is 0 Å². The Balaban J connectivity index is 1.95. The predicted molar refractivity (Wildman–Crippen MR) is 77.2 cm³/mol. The van der Waals surface area contributed by atoms with Crippen LogP contribution in [0.25, 0.3) is 0 Å². The van der Waals surface area contributed by atoms with E-state index in [9.17, 15) is 4.79 Å². The van der Waals surface area contributed by atoms with E-state index in [0.29, 0.717) is 18.6 Å². The van der Waals surface area contributed by atoms with Gasteiger partial charge in [0, 0.05) is 6.42 Å². The molecule has 1 heterocycles. The van der Waals surface area contributed by atoms with Crippen LogP contribution >= 0.6 is 0 Å². The molecule has 3 heteroatoms. The molecule has 1 saturated heterocycles. The van der Waals surface area contributed by atoms with Gasteiger partial charge in [-0.2, -0.15) is 0 Å². The zero-order valence-electron chi connectivity index (χ0n) is 11.9. The number of epoxide rings is 1. The molecule has 1 rings (SSSR count). The van der Waals surface area contributed by atoms with Gasteiger partial charge in [-0.3, -0.25) is 4.79 Å². The number of rotatable bonds is 11. The molecule has 0 saturated carbocycles. The van der Waals surface area contributed by atoms with Crippen LogP contribution in [0.3, 0.4) is 0 Å². The topological polar surface area (TPSA) is 49.8 Å². The van der Waals surface area contributed by atoms with Crippen molar-refractivity contribution in [1.82, 2.24) is 0 Å². The summed E-state index contributed by atoms with van der Waals surface area (Å²) in [6.07, 6.45) is 17.0. The molecule has 0 amide bonds. The zero-order chi connectivity index (χ0) is 13.9. The molecule has 0 spiro atoms. The van der Waals surface area contributed by atoms with Crippen molar-refractivity contribution >= 4 is 5.97 Å². The Bertz CT molecular complexity index is 307. The molecule has 1 fully saturated rings. The van der Waals surface area contributed by atoms with E-state index in [1.807, 2.05) is 12.2 Å². The number of aliphatic carboxylic acids is 1. The Labute approximate surface area is 116 Å². The van der Waals surface area contributed by atoms with Gasteiger partial charge in [0.15, 0.2) is 0 Å². The van der Waals surface area contributed by atoms with Gasteiger partial charge in [-0.15, -0.1) is 0 Å². The first-order valence-electron chi connectivity index (χ1n) is 7.41. The summed E-state index contributed by atoms with van der Waals surface area (Å²) >= 11 is 0. The highest BCUT2D eigenvalue weighted by atomic mass is 16.6. The van der Waals surface area contributed by atoms with E-state index in [4.69, 9.17) is 9.84 Å². The third-order valence-electron chi connectivity index (χ3n) is 3.26. The average Bonchev–Trinajstić information content (AvgIpc) is 3.11. The molecule has 108 valence electrons. The number of hydrogen-bond donors (Lipinski definition) is 1. The van der Waals surface area contributed by atoms with Gasteiger partial charge in [0.05, 0.1) is 12.2 Å². The second-order valence-electron chi connectivity index (χ2n) is 5.06. The molecule has 0 aromatic heterocycles. The Morgan fingerprint density at radius 1 is 1.05 bits per heavy atom. The van der Waals surface area contributed by atoms with Crippen molar-refractivity contribution in [2.75, 3.05) is 0 Å². The van der Waals surface area contributed by atoms with Crippen LogP contribution in [0.1, 0.15) is 58.3 Å². The summed E-state index contributed by atoms with van der Waals surface area (Å²) < 4.78 is 5.55. The van der Waals surface area contributed by atoms with Crippen LogP contribution in [0.5, 0.6) is 0 Å². The fourth-order valence-electron chi connectivity index (χ4n) is 2.01. The molecular formula is C16H26O3. The normalized spacial score (nSPS) is 22.4. The fraction of sp³-hybridized carbons (Fsp3) is 0.688. The number of carboxylic acids is 1. The summed E-state index contributed by atoms with van der Waals surface area (Å²) in [6.45, 7) is 2.22. The summed E-state index contributed by atoms with van der Waals surface area (Å²) in [5, 5.41) is 8.48. The van der Waals surface area contributed by atoms with Crippen molar-refractivity contribution in [2.24, 2.45) is 0 Å². The van der Waals surface area contributed by atoms with Crippen LogP contribution in [0, 0.1) is 0 Å². The maximum absolute atomic E-state index is 10.3. The molecule has 1 N–H and O–H groups in total. The highest BCUT2D eigenvalue weighted by Gasteiger charge is 2.35. The third kappa shape index (κ3) is 8.60. The van der Waals surface area contributed by atoms with E-state index in [1.54, 1.807) is 0 Å². The van der Waals surface area contributed by atoms with Crippen molar-refractivity contribution < 1.29 is 14.6 Å². The molecule has 0 aliphatic carbocycles. The van der Waals surface area contributed by atoms with Crippen molar-refractivity contribution in [3.05, 3.63) is 24.3 Å². The molecule has 0 aromatic carbocycles. The molecular weight excluding hydrogens is 240 g/mol. The smallest absolute Gasteiger partial charge is 0.303 e. The van der Waals surface area contributed by atoms with Gasteiger partial charge in [0.2, 0.25) is 0 Å². The van der Waals surface area contributed by atoms with Gasteiger partial charge in [-0.25, -0.2) is 0 Å². The lowest BCUT2D eigenvalue weighted by Gasteiger charge is -1.91. The largest absolute Gasteiger partial charge is 0.481 e. The van der Waals surface area contributed by atoms with Crippen LogP contribution in [-0.2, 0) is 9.53 Å². The molecule has 1 aliphatic rings. The first-order chi connectivity index (χ1) is 9.24. The van der Waals surface area contributed by atoms with Gasteiger partial charge < -0.3 is 9.84 Å². The summed E-state index contributed by atoms with van der Waals surface area (Å²) in [6, 6.07) is 0. The average molecular weight is 266 g/mol. The number of allylic oxidation sites excluding steroid dienone is 2. The van der Waals surface area contributed by atoms with Crippen molar-refractivity contribution in [1.29, 1.82) is 0 Å². The number of carbonyl (C=O) groups is 1. The van der Waals surface area contributed by atoms with Gasteiger partial charge >= 0.3 is 5.97 Å². The van der Waals surface area contributed by atoms with E-state index >= 15 is 0 Å². The summed E-state index contributed by atoms with van der Waals surface area (Å²) in [5.74, 6) is -0.738. The van der Waals surface area contributed by atoms with Crippen LogP contribution in [0.4, 0.5) is 0 Å². The molecule has 2 unspecified atom stereocenters. The van der Waals surface area contributed by atoms with Gasteiger partial charge in [-0.05, 0) is 32.1 Å². The second-order valence-corrected chi connectivity index (χ2v) is 5.06. The van der Waals surface area contributed by atoms with E-state index in [1.165, 1.54) is 25.7 Å². The maximum atomic E-state index is 10.3. The Kier molecular flexibility index (Phi) is 8.23. The summed E-state index contributed by atoms with van der Waals surface area (Å²) in [7, 11) is 0. The first kappa shape index (κ1) is 16.0. The van der Waals surface area contributed by atoms with E-state index < -0.39 is 5.97 Å². The number of unbranched alkanes of at least 4 members (excludes halogenated alkanes) is 3. The predicted octanol–water partition coefficient (Wildman–Crippen LogP) is 4.09. The van der Waals surface area contributed by atoms with E-state index in [2.05, 4.69) is 19.1 Å². The first-order valence-corrected chi connectivity index (χ1v) is 7.41. The lowest BCUT2D eigenvalue weighted by molar-refractivity contribution is -0.136. The zero-order valence-corrected chi connectivity index (χ0v) is 11.9. The molecule has 1 aliphatic heterocycles. The van der Waals surface area contributed by atoms with E-state index in [-0.39, 0.29) is 6.42 Å². The molecule has 0 bridgehead atoms. The lowest BCUT2D eigenvalue weighted by atomic mass is 10.1. The highest BCUT2D eigenvalue weighted by molar-refractivity contribution is 5.66. The monoisotopic (exact) mass is 266 g/mol. The van der Waals surface area contributed by atoms with Gasteiger partial charge in [-0.1, -0.05) is 44.1 Å². The molecule has 3 nitrogen and oxygen atoms in total. The minimum absolute atomic E-state index is 0.214. The van der Waals surface area contributed by atoms with E-state index in [0.717, 1.165) is 12.8 Å². The highest BCUT2D eigenvalue weighted by Crippen LogP contribution is 2.29. The number of hydrogen-bond acceptors (Lipinski definition) is 2. The van der Waals surface area contributed by atoms with Crippen LogP contribution in [0.15, 0.2) is 24.3 Å². The Hall–Kier alpha value is -1.09. The third-order valence-corrected chi connectivity index (χ3v) is 3.26. The molecule has 0 aromatic rings. The molecule has 19 heavy (non-hydrogen) atoms. The molecule has 0 radical (unpaired) electrons. The minimum Gasteiger partial charge on any atom is -0.481 e. The van der Waals surface area contributed by atoms with Crippen molar-refractivity contribution in [3.8, 4) is 0 Å². The lowest BCUT2D eigenvalue weighted by Crippen LogP contribution is -1.92. The maximum Gasteiger partial charge on any atom is 0.303 e. The van der Waals surface area contributed by atoms with Crippen LogP contribution < -0.4 is 0 Å². The quantitative estimate of drug-likeness (QED) is 0.348. The van der Waals surface area contributed by atoms with Crippen molar-refractivity contribution in [3.63, 3.8) is 0 Å². The van der Waals surface area contributed by atoms with Crippen LogP contribution in [-0.4, -0.2) is 23.3 Å². The summed E-state index contributed by atoms with van der Waals surface area (Å²) in [4.78, 5) is 10.3. The SMILES string of the molecule is CCCCC/C=C/CC1OC1C/C=C/CCC(=O)O. The number of carboxylic acid groups (broad SMARTS) is 1. The van der Waals surface area contributed by atoms with Crippen LogP contribution in [0.2, 0.25) is 0 Å². The second kappa shape index (κ2) is 9.79. The van der Waals surface area contributed by atoms with Gasteiger partial charge in [0.1, 0.15) is 0 Å². The summed E-state index contributed by atoms with van der Waals surface area (Å²) in [5.41, 5.74) is 0. The Morgan fingerprint density at radius 3 is 2.26 bits per heavy atom. The minimum atomic E-state index is -0.738. The standard InChI is InChI=1S/C16H26O3/c1-2-3-4-5-6-8-11-14-15(19-14)12-9-7-10-13-16(17)18/h6-9,14-15H,2-5,10-13H2,1H3,(H,17,18)/b8-6+,9-7+.